The van der Waals surface area contributed by atoms with Crippen molar-refractivity contribution in [2.24, 2.45) is 5.10 Å². The zero-order valence-corrected chi connectivity index (χ0v) is 18.1. The van der Waals surface area contributed by atoms with Gasteiger partial charge in [-0.3, -0.25) is 9.99 Å². The molecule has 0 atom stereocenters. The predicted molar refractivity (Wildman–Crippen MR) is 125 cm³/mol. The van der Waals surface area contributed by atoms with E-state index in [1.165, 1.54) is 5.56 Å². The maximum absolute atomic E-state index is 5.49. The van der Waals surface area contributed by atoms with Crippen molar-refractivity contribution in [3.05, 3.63) is 65.6 Å². The maximum atomic E-state index is 5.49. The Morgan fingerprint density at radius 1 is 1.03 bits per heavy atom. The minimum Gasteiger partial charge on any atom is -0.378 e. The molecule has 0 amide bonds. The van der Waals surface area contributed by atoms with Gasteiger partial charge in [0.25, 0.3) is 0 Å². The molecule has 1 saturated heterocycles. The van der Waals surface area contributed by atoms with E-state index in [2.05, 4.69) is 44.5 Å². The Morgan fingerprint density at radius 3 is 2.69 bits per heavy atom. The summed E-state index contributed by atoms with van der Waals surface area (Å²) in [5, 5.41) is 4.41. The fraction of sp³-hybridized carbons (Fsp3) is 0.261. The number of nitrogens with one attached hydrogen (secondary N) is 1. The highest BCUT2D eigenvalue weighted by molar-refractivity contribution is 5.86. The van der Waals surface area contributed by atoms with Crippen LogP contribution in [0.3, 0.4) is 0 Å². The number of benzene rings is 1. The molecular formula is C23H24N8O. The summed E-state index contributed by atoms with van der Waals surface area (Å²) in [5.41, 5.74) is 7.68. The van der Waals surface area contributed by atoms with Gasteiger partial charge in [-0.05, 0) is 37.1 Å². The predicted octanol–water partition coefficient (Wildman–Crippen LogP) is 3.11. The summed E-state index contributed by atoms with van der Waals surface area (Å²) in [5.74, 6) is 1.92. The van der Waals surface area contributed by atoms with E-state index in [0.717, 1.165) is 30.0 Å². The van der Waals surface area contributed by atoms with Gasteiger partial charge in [0, 0.05) is 19.3 Å². The van der Waals surface area contributed by atoms with E-state index >= 15 is 0 Å². The minimum absolute atomic E-state index is 0.548. The fourth-order valence-corrected chi connectivity index (χ4v) is 3.61. The quantitative estimate of drug-likeness (QED) is 0.386. The lowest BCUT2D eigenvalue weighted by Crippen LogP contribution is -2.37. The summed E-state index contributed by atoms with van der Waals surface area (Å²) in [6, 6.07) is 12.1. The van der Waals surface area contributed by atoms with Crippen molar-refractivity contribution < 1.29 is 4.74 Å². The Balaban J connectivity index is 1.55. The number of imidazole rings is 1. The van der Waals surface area contributed by atoms with Crippen LogP contribution in [0.2, 0.25) is 0 Å². The van der Waals surface area contributed by atoms with Crippen molar-refractivity contribution in [2.45, 2.75) is 13.8 Å². The van der Waals surface area contributed by atoms with Gasteiger partial charge >= 0.3 is 0 Å². The number of hydrogen-bond donors (Lipinski definition) is 1. The van der Waals surface area contributed by atoms with Crippen LogP contribution in [0.25, 0.3) is 17.0 Å². The Labute approximate surface area is 185 Å². The lowest BCUT2D eigenvalue weighted by atomic mass is 10.2. The van der Waals surface area contributed by atoms with E-state index in [1.54, 1.807) is 18.7 Å². The molecule has 9 nitrogen and oxygen atoms in total. The Kier molecular flexibility index (Phi) is 5.47. The molecule has 162 valence electrons. The lowest BCUT2D eigenvalue weighted by molar-refractivity contribution is 0.122. The van der Waals surface area contributed by atoms with Gasteiger partial charge in [-0.25, -0.2) is 9.97 Å². The van der Waals surface area contributed by atoms with E-state index in [4.69, 9.17) is 14.7 Å². The Morgan fingerprint density at radius 2 is 1.88 bits per heavy atom. The first-order valence-electron chi connectivity index (χ1n) is 10.5. The molecule has 0 radical (unpaired) electrons. The van der Waals surface area contributed by atoms with E-state index in [1.807, 2.05) is 35.8 Å². The second kappa shape index (κ2) is 8.72. The monoisotopic (exact) mass is 428 g/mol. The molecule has 1 aliphatic heterocycles. The lowest BCUT2D eigenvalue weighted by Gasteiger charge is -2.27. The molecule has 1 aromatic carbocycles. The molecule has 1 fully saturated rings. The van der Waals surface area contributed by atoms with E-state index in [9.17, 15) is 0 Å². The second-order valence-electron chi connectivity index (χ2n) is 7.73. The molecule has 9 heteroatoms. The van der Waals surface area contributed by atoms with Crippen LogP contribution in [0.4, 0.5) is 11.8 Å². The third-order valence-electron chi connectivity index (χ3n) is 5.25. The van der Waals surface area contributed by atoms with Crippen LogP contribution in [-0.4, -0.2) is 57.0 Å². The summed E-state index contributed by atoms with van der Waals surface area (Å²) in [4.78, 5) is 20.7. The first-order valence-corrected chi connectivity index (χ1v) is 10.5. The number of morpholine rings is 1. The topological polar surface area (TPSA) is 93.4 Å². The van der Waals surface area contributed by atoms with Crippen molar-refractivity contribution in [3.63, 3.8) is 0 Å². The summed E-state index contributed by atoms with van der Waals surface area (Å²) >= 11 is 0. The second-order valence-corrected chi connectivity index (χ2v) is 7.73. The van der Waals surface area contributed by atoms with Crippen LogP contribution >= 0.6 is 0 Å². The first kappa shape index (κ1) is 20.1. The minimum atomic E-state index is 0.548. The van der Waals surface area contributed by atoms with Crippen LogP contribution in [-0.2, 0) is 4.74 Å². The van der Waals surface area contributed by atoms with Gasteiger partial charge in [0.15, 0.2) is 17.0 Å². The highest BCUT2D eigenvalue weighted by atomic mass is 16.5. The van der Waals surface area contributed by atoms with Gasteiger partial charge in [0.1, 0.15) is 12.1 Å². The number of fused-ring (bicyclic) bond motifs is 1. The largest absolute Gasteiger partial charge is 0.378 e. The normalized spacial score (nSPS) is 14.4. The molecule has 3 aromatic heterocycles. The molecule has 0 bridgehead atoms. The standard InChI is InChI=1S/C23H24N8O/c1-16-4-3-5-18(12-16)14-26-29-21-20-22(28-23(27-21)30-8-10-32-11-9-30)31(15-25-20)19-13-17(2)6-7-24-19/h3-7,12-15H,8-11H2,1-2H3,(H,27,28,29)/b26-14+. The molecule has 0 unspecified atom stereocenters. The van der Waals surface area contributed by atoms with Gasteiger partial charge in [-0.15, -0.1) is 0 Å². The van der Waals surface area contributed by atoms with Crippen molar-refractivity contribution in [1.29, 1.82) is 0 Å². The van der Waals surface area contributed by atoms with Gasteiger partial charge < -0.3 is 9.64 Å². The molecule has 0 spiro atoms. The summed E-state index contributed by atoms with van der Waals surface area (Å²) < 4.78 is 7.37. The van der Waals surface area contributed by atoms with E-state index in [0.29, 0.717) is 36.1 Å². The molecule has 1 N–H and O–H groups in total. The molecule has 1 aliphatic rings. The maximum Gasteiger partial charge on any atom is 0.229 e. The van der Waals surface area contributed by atoms with E-state index in [-0.39, 0.29) is 0 Å². The van der Waals surface area contributed by atoms with Gasteiger partial charge in [-0.1, -0.05) is 29.8 Å². The fourth-order valence-electron chi connectivity index (χ4n) is 3.61. The van der Waals surface area contributed by atoms with Gasteiger partial charge in [0.05, 0.1) is 19.4 Å². The molecule has 32 heavy (non-hydrogen) atoms. The number of aryl methyl sites for hydroxylation is 2. The number of ether oxygens (including phenoxy) is 1. The highest BCUT2D eigenvalue weighted by Gasteiger charge is 2.20. The van der Waals surface area contributed by atoms with Crippen LogP contribution < -0.4 is 10.3 Å². The zero-order valence-electron chi connectivity index (χ0n) is 18.1. The summed E-state index contributed by atoms with van der Waals surface area (Å²) in [6.45, 7) is 6.84. The van der Waals surface area contributed by atoms with Crippen LogP contribution in [0, 0.1) is 13.8 Å². The van der Waals surface area contributed by atoms with Crippen molar-refractivity contribution >= 4 is 29.1 Å². The van der Waals surface area contributed by atoms with Crippen molar-refractivity contribution in [3.8, 4) is 5.82 Å². The van der Waals surface area contributed by atoms with Crippen molar-refractivity contribution in [1.82, 2.24) is 24.5 Å². The Bertz CT molecular complexity index is 1280. The van der Waals surface area contributed by atoms with E-state index < -0.39 is 0 Å². The third kappa shape index (κ3) is 4.15. The molecular weight excluding hydrogens is 404 g/mol. The smallest absolute Gasteiger partial charge is 0.229 e. The molecule has 4 aromatic rings. The first-order chi connectivity index (χ1) is 15.7. The van der Waals surface area contributed by atoms with Crippen molar-refractivity contribution in [2.75, 3.05) is 36.6 Å². The van der Waals surface area contributed by atoms with Gasteiger partial charge in [0.2, 0.25) is 5.95 Å². The zero-order chi connectivity index (χ0) is 21.9. The molecule has 0 aliphatic carbocycles. The third-order valence-corrected chi connectivity index (χ3v) is 5.25. The average Bonchev–Trinajstić information content (AvgIpc) is 3.24. The number of hydrogen-bond acceptors (Lipinski definition) is 8. The SMILES string of the molecule is Cc1cccc(/C=N/Nc2nc(N3CCOCC3)nc3c2ncn3-c2cc(C)ccn2)c1. The number of nitrogens with zero attached hydrogens (tertiary/aromatic N) is 7. The van der Waals surface area contributed by atoms with Crippen LogP contribution in [0.1, 0.15) is 16.7 Å². The molecule has 5 rings (SSSR count). The number of aromatic nitrogens is 5. The van der Waals surface area contributed by atoms with Crippen LogP contribution in [0.15, 0.2) is 54.0 Å². The number of hydrazone groups is 1. The summed E-state index contributed by atoms with van der Waals surface area (Å²) in [7, 11) is 0. The number of rotatable bonds is 5. The Hall–Kier alpha value is -3.85. The number of pyridine rings is 1. The van der Waals surface area contributed by atoms with Crippen LogP contribution in [0.5, 0.6) is 0 Å². The molecule has 4 heterocycles. The number of anilines is 2. The summed E-state index contributed by atoms with van der Waals surface area (Å²) in [6.07, 6.45) is 5.28. The highest BCUT2D eigenvalue weighted by Crippen LogP contribution is 2.25. The average molecular weight is 429 g/mol. The van der Waals surface area contributed by atoms with Gasteiger partial charge in [-0.2, -0.15) is 15.1 Å². The molecule has 0 saturated carbocycles.